The molecule has 0 amide bonds. The molecule has 0 atom stereocenters. The zero-order valence-electron chi connectivity index (χ0n) is 11.2. The summed E-state index contributed by atoms with van der Waals surface area (Å²) < 4.78 is 1.93. The smallest absolute Gasteiger partial charge is 0.0641 e. The molecular formula is C14H17Cl2N3. The lowest BCUT2D eigenvalue weighted by molar-refractivity contribution is 0.532. The Morgan fingerprint density at radius 3 is 2.63 bits per heavy atom. The summed E-state index contributed by atoms with van der Waals surface area (Å²) in [6, 6.07) is 4.08. The normalized spacial score (nSPS) is 11.1. The fourth-order valence-corrected chi connectivity index (χ4v) is 2.18. The molecule has 0 aliphatic carbocycles. The van der Waals surface area contributed by atoms with E-state index in [1.54, 1.807) is 0 Å². The first-order chi connectivity index (χ1) is 8.97. The van der Waals surface area contributed by atoms with Gasteiger partial charge in [-0.25, -0.2) is 0 Å². The van der Waals surface area contributed by atoms with Gasteiger partial charge in [0.15, 0.2) is 0 Å². The lowest BCUT2D eigenvalue weighted by atomic mass is 10.2. The van der Waals surface area contributed by atoms with E-state index in [0.717, 1.165) is 16.8 Å². The van der Waals surface area contributed by atoms with E-state index < -0.39 is 0 Å². The van der Waals surface area contributed by atoms with Crippen molar-refractivity contribution in [2.24, 2.45) is 0 Å². The van der Waals surface area contributed by atoms with E-state index in [1.807, 2.05) is 36.1 Å². The molecule has 5 heteroatoms. The molecule has 0 spiro atoms. The van der Waals surface area contributed by atoms with Crippen molar-refractivity contribution in [1.82, 2.24) is 9.78 Å². The molecule has 19 heavy (non-hydrogen) atoms. The molecule has 2 rings (SSSR count). The van der Waals surface area contributed by atoms with Crippen molar-refractivity contribution in [2.45, 2.75) is 33.4 Å². The van der Waals surface area contributed by atoms with Gasteiger partial charge in [-0.1, -0.05) is 23.2 Å². The van der Waals surface area contributed by atoms with Crippen LogP contribution in [0.25, 0.3) is 0 Å². The zero-order valence-corrected chi connectivity index (χ0v) is 12.8. The number of halogens is 2. The Kier molecular flexibility index (Phi) is 4.38. The lowest BCUT2D eigenvalue weighted by Gasteiger charge is -2.09. The van der Waals surface area contributed by atoms with Crippen LogP contribution in [0.5, 0.6) is 0 Å². The number of hydrogen-bond acceptors (Lipinski definition) is 2. The molecule has 0 radical (unpaired) electrons. The SMILES string of the molecule is Cc1cc(Cl)c(NCc2cnn(C(C)C)c2)cc1Cl. The van der Waals surface area contributed by atoms with Crippen molar-refractivity contribution in [3.8, 4) is 0 Å². The summed E-state index contributed by atoms with van der Waals surface area (Å²) in [5.41, 5.74) is 2.93. The first-order valence-corrected chi connectivity index (χ1v) is 6.95. The van der Waals surface area contributed by atoms with Gasteiger partial charge in [0, 0.05) is 29.4 Å². The molecular weight excluding hydrogens is 281 g/mol. The van der Waals surface area contributed by atoms with E-state index in [1.165, 1.54) is 0 Å². The molecule has 0 saturated heterocycles. The lowest BCUT2D eigenvalue weighted by Crippen LogP contribution is -2.01. The Morgan fingerprint density at radius 2 is 2.00 bits per heavy atom. The Balaban J connectivity index is 2.07. The summed E-state index contributed by atoms with van der Waals surface area (Å²) >= 11 is 12.3. The van der Waals surface area contributed by atoms with Crippen LogP contribution in [-0.2, 0) is 6.54 Å². The maximum Gasteiger partial charge on any atom is 0.0641 e. The second-order valence-electron chi connectivity index (χ2n) is 4.86. The summed E-state index contributed by atoms with van der Waals surface area (Å²) in [4.78, 5) is 0. The number of anilines is 1. The predicted molar refractivity (Wildman–Crippen MR) is 81.1 cm³/mol. The van der Waals surface area contributed by atoms with Crippen molar-refractivity contribution in [3.63, 3.8) is 0 Å². The topological polar surface area (TPSA) is 29.9 Å². The van der Waals surface area contributed by atoms with Crippen LogP contribution >= 0.6 is 23.2 Å². The van der Waals surface area contributed by atoms with E-state index in [-0.39, 0.29) is 0 Å². The highest BCUT2D eigenvalue weighted by Crippen LogP contribution is 2.29. The van der Waals surface area contributed by atoms with Gasteiger partial charge >= 0.3 is 0 Å². The molecule has 1 aromatic carbocycles. The minimum atomic E-state index is 0.367. The summed E-state index contributed by atoms with van der Waals surface area (Å²) in [6.07, 6.45) is 3.89. The summed E-state index contributed by atoms with van der Waals surface area (Å²) in [5.74, 6) is 0. The van der Waals surface area contributed by atoms with Gasteiger partial charge < -0.3 is 5.32 Å². The molecule has 0 unspecified atom stereocenters. The average molecular weight is 298 g/mol. The highest BCUT2D eigenvalue weighted by molar-refractivity contribution is 6.35. The Hall–Kier alpha value is -1.19. The van der Waals surface area contributed by atoms with Crippen LogP contribution in [0.3, 0.4) is 0 Å². The van der Waals surface area contributed by atoms with Gasteiger partial charge in [-0.15, -0.1) is 0 Å². The van der Waals surface area contributed by atoms with Gasteiger partial charge in [0.2, 0.25) is 0 Å². The maximum absolute atomic E-state index is 6.18. The molecule has 3 nitrogen and oxygen atoms in total. The van der Waals surface area contributed by atoms with Gasteiger partial charge in [0.05, 0.1) is 16.9 Å². The highest BCUT2D eigenvalue weighted by Gasteiger charge is 2.06. The van der Waals surface area contributed by atoms with Gasteiger partial charge in [-0.3, -0.25) is 4.68 Å². The number of nitrogens with one attached hydrogen (secondary N) is 1. The van der Waals surface area contributed by atoms with Gasteiger partial charge in [-0.05, 0) is 38.5 Å². The zero-order chi connectivity index (χ0) is 14.0. The van der Waals surface area contributed by atoms with Crippen LogP contribution in [0.2, 0.25) is 10.0 Å². The number of hydrogen-bond donors (Lipinski definition) is 1. The van der Waals surface area contributed by atoms with Crippen molar-refractivity contribution in [1.29, 1.82) is 0 Å². The van der Waals surface area contributed by atoms with Gasteiger partial charge in [0.25, 0.3) is 0 Å². The van der Waals surface area contributed by atoms with E-state index in [9.17, 15) is 0 Å². The monoisotopic (exact) mass is 297 g/mol. The van der Waals surface area contributed by atoms with Crippen LogP contribution in [0, 0.1) is 6.92 Å². The Morgan fingerprint density at radius 1 is 1.26 bits per heavy atom. The number of aromatic nitrogens is 2. The summed E-state index contributed by atoms with van der Waals surface area (Å²) in [5, 5.41) is 8.97. The maximum atomic E-state index is 6.18. The second kappa shape index (κ2) is 5.85. The second-order valence-corrected chi connectivity index (χ2v) is 5.67. The van der Waals surface area contributed by atoms with Crippen LogP contribution in [0.4, 0.5) is 5.69 Å². The Labute approximate surface area is 123 Å². The minimum Gasteiger partial charge on any atom is -0.380 e. The third-order valence-electron chi connectivity index (χ3n) is 2.92. The summed E-state index contributed by atoms with van der Waals surface area (Å²) in [7, 11) is 0. The van der Waals surface area contributed by atoms with Gasteiger partial charge in [0.1, 0.15) is 0 Å². The molecule has 102 valence electrons. The molecule has 0 saturated carbocycles. The van der Waals surface area contributed by atoms with Crippen molar-refractivity contribution in [2.75, 3.05) is 5.32 Å². The minimum absolute atomic E-state index is 0.367. The molecule has 0 bridgehead atoms. The molecule has 2 aromatic rings. The Bertz CT molecular complexity index is 576. The fraction of sp³-hybridized carbons (Fsp3) is 0.357. The quantitative estimate of drug-likeness (QED) is 0.887. The van der Waals surface area contributed by atoms with Crippen molar-refractivity contribution in [3.05, 3.63) is 45.7 Å². The number of aryl methyl sites for hydroxylation is 1. The molecule has 1 N–H and O–H groups in total. The van der Waals surface area contributed by atoms with Crippen LogP contribution in [-0.4, -0.2) is 9.78 Å². The van der Waals surface area contributed by atoms with Gasteiger partial charge in [-0.2, -0.15) is 5.10 Å². The molecule has 0 aliphatic rings. The van der Waals surface area contributed by atoms with Crippen LogP contribution in [0.15, 0.2) is 24.5 Å². The molecule has 0 aliphatic heterocycles. The van der Waals surface area contributed by atoms with Crippen LogP contribution in [0.1, 0.15) is 31.0 Å². The van der Waals surface area contributed by atoms with E-state index in [0.29, 0.717) is 22.6 Å². The first kappa shape index (κ1) is 14.2. The third kappa shape index (κ3) is 3.43. The van der Waals surface area contributed by atoms with Crippen molar-refractivity contribution < 1.29 is 0 Å². The fourth-order valence-electron chi connectivity index (χ4n) is 1.73. The average Bonchev–Trinajstić information content (AvgIpc) is 2.81. The number of rotatable bonds is 4. The largest absolute Gasteiger partial charge is 0.380 e. The van der Waals surface area contributed by atoms with E-state index in [2.05, 4.69) is 24.3 Å². The standard InChI is InChI=1S/C14H17Cl2N3/c1-9(2)19-8-11(7-18-19)6-17-14-5-12(15)10(3)4-13(14)16/h4-5,7-9,17H,6H2,1-3H3. The summed E-state index contributed by atoms with van der Waals surface area (Å²) in [6.45, 7) is 6.80. The molecule has 0 fully saturated rings. The number of nitrogens with zero attached hydrogens (tertiary/aromatic N) is 2. The predicted octanol–water partition coefficient (Wildman–Crippen LogP) is 4.69. The van der Waals surface area contributed by atoms with Crippen molar-refractivity contribution >= 4 is 28.9 Å². The number of benzene rings is 1. The van der Waals surface area contributed by atoms with E-state index in [4.69, 9.17) is 23.2 Å². The van der Waals surface area contributed by atoms with E-state index >= 15 is 0 Å². The highest BCUT2D eigenvalue weighted by atomic mass is 35.5. The molecule has 1 heterocycles. The third-order valence-corrected chi connectivity index (χ3v) is 3.64. The first-order valence-electron chi connectivity index (χ1n) is 6.20. The van der Waals surface area contributed by atoms with Crippen LogP contribution < -0.4 is 5.32 Å². The molecule has 1 aromatic heterocycles.